The fourth-order valence-electron chi connectivity index (χ4n) is 4.24. The van der Waals surface area contributed by atoms with Gasteiger partial charge in [0.2, 0.25) is 11.8 Å². The van der Waals surface area contributed by atoms with E-state index >= 15 is 0 Å². The molecule has 1 saturated carbocycles. The van der Waals surface area contributed by atoms with E-state index in [1.54, 1.807) is 13.8 Å². The Kier molecular flexibility index (Phi) is 10.9. The fraction of sp³-hybridized carbons (Fsp3) is 0.625. The molecule has 1 aromatic carbocycles. The lowest BCUT2D eigenvalue weighted by atomic mass is 9.91. The van der Waals surface area contributed by atoms with Crippen molar-refractivity contribution >= 4 is 25.3 Å². The van der Waals surface area contributed by atoms with E-state index in [9.17, 15) is 24.2 Å². The lowest BCUT2D eigenvalue weighted by molar-refractivity contribution is -0.131. The number of carbonyl (C=O) groups excluding carboxylic acids is 3. The minimum Gasteiger partial charge on any atom is -0.347 e. The summed E-state index contributed by atoms with van der Waals surface area (Å²) in [5.41, 5.74) is 6.94. The van der Waals surface area contributed by atoms with E-state index in [4.69, 9.17) is 5.73 Å². The van der Waals surface area contributed by atoms with Gasteiger partial charge in [0.15, 0.2) is 11.9 Å². The summed E-state index contributed by atoms with van der Waals surface area (Å²) < 4.78 is 0. The number of Topliss-reactive ketones (excluding diaryl/α,β-unsaturated/α-hetero) is 1. The Morgan fingerprint density at radius 3 is 2.30 bits per heavy atom. The van der Waals surface area contributed by atoms with Crippen molar-refractivity contribution in [3.8, 4) is 0 Å². The molecule has 2 amide bonds. The number of carbonyl (C=O) groups is 3. The highest BCUT2D eigenvalue weighted by Crippen LogP contribution is 2.52. The first-order chi connectivity index (χ1) is 15.6. The molecule has 0 aromatic heterocycles. The maximum atomic E-state index is 12.7. The normalized spacial score (nSPS) is 16.8. The molecular weight excluding hydrogens is 441 g/mol. The molecule has 0 spiro atoms. The first kappa shape index (κ1) is 27.4. The SMILES string of the molecule is CC(C)[C@H](NC(=O)[C@@H](N)Cc1ccccc1)C(=O)NCC(=O)C[P+](O)(O)CC1CCCCC1. The molecule has 0 heterocycles. The number of benzene rings is 1. The molecule has 1 aliphatic carbocycles. The minimum atomic E-state index is -3.33. The second-order valence-electron chi connectivity index (χ2n) is 9.51. The number of ketones is 1. The highest BCUT2D eigenvalue weighted by Gasteiger charge is 2.39. The van der Waals surface area contributed by atoms with E-state index in [2.05, 4.69) is 10.6 Å². The van der Waals surface area contributed by atoms with Gasteiger partial charge in [0.05, 0.1) is 12.6 Å². The third-order valence-corrected chi connectivity index (χ3v) is 8.01. The number of amides is 2. The van der Waals surface area contributed by atoms with Gasteiger partial charge in [-0.2, -0.15) is 0 Å². The molecule has 0 saturated heterocycles. The molecule has 8 nitrogen and oxygen atoms in total. The predicted octanol–water partition coefficient (Wildman–Crippen LogP) is 1.79. The standard InChI is InChI=1S/C24H38N3O5P/c1-17(2)22(27-23(29)21(25)13-18-9-5-3-6-10-18)24(30)26-14-20(28)16-33(31,32)15-19-11-7-4-8-12-19/h3,5-6,9-10,17,19,21-22,31-32H,4,7-8,11-16,25H2,1-2H3,(H-,26,27,29,30)/p+1/t21-,22-/m0/s1. The summed E-state index contributed by atoms with van der Waals surface area (Å²) in [5, 5.41) is 5.22. The van der Waals surface area contributed by atoms with E-state index in [1.165, 1.54) is 6.42 Å². The smallest absolute Gasteiger partial charge is 0.275 e. The van der Waals surface area contributed by atoms with Gasteiger partial charge in [0, 0.05) is 0 Å². The number of hydrogen-bond acceptors (Lipinski definition) is 6. The first-order valence-electron chi connectivity index (χ1n) is 11.8. The van der Waals surface area contributed by atoms with Gasteiger partial charge in [-0.25, -0.2) is 9.79 Å². The molecule has 2 atom stereocenters. The van der Waals surface area contributed by atoms with Crippen LogP contribution in [0.1, 0.15) is 51.5 Å². The van der Waals surface area contributed by atoms with E-state index in [0.29, 0.717) is 6.42 Å². The van der Waals surface area contributed by atoms with Crippen molar-refractivity contribution in [2.75, 3.05) is 18.9 Å². The van der Waals surface area contributed by atoms with Gasteiger partial charge in [-0.1, -0.05) is 63.4 Å². The van der Waals surface area contributed by atoms with Gasteiger partial charge >= 0.3 is 0 Å². The van der Waals surface area contributed by atoms with Gasteiger partial charge in [-0.3, -0.25) is 14.4 Å². The Bertz CT molecular complexity index is 782. The van der Waals surface area contributed by atoms with Crippen molar-refractivity contribution in [2.24, 2.45) is 17.6 Å². The van der Waals surface area contributed by atoms with E-state index in [0.717, 1.165) is 31.2 Å². The van der Waals surface area contributed by atoms with Crippen LogP contribution in [0, 0.1) is 11.8 Å². The van der Waals surface area contributed by atoms with Gasteiger partial charge in [0.25, 0.3) is 7.72 Å². The van der Waals surface area contributed by atoms with Crippen LogP contribution in [-0.4, -0.2) is 58.3 Å². The van der Waals surface area contributed by atoms with Crippen LogP contribution in [0.15, 0.2) is 30.3 Å². The number of nitrogens with one attached hydrogen (secondary N) is 2. The highest BCUT2D eigenvalue weighted by atomic mass is 31.2. The van der Waals surface area contributed by atoms with Crippen LogP contribution in [0.4, 0.5) is 0 Å². The Hall–Kier alpha value is -1.86. The predicted molar refractivity (Wildman–Crippen MR) is 131 cm³/mol. The first-order valence-corrected chi connectivity index (χ1v) is 13.9. The maximum Gasteiger partial charge on any atom is 0.275 e. The number of nitrogens with two attached hydrogens (primary N) is 1. The molecule has 1 fully saturated rings. The van der Waals surface area contributed by atoms with Crippen molar-refractivity contribution in [3.63, 3.8) is 0 Å². The average Bonchev–Trinajstić information content (AvgIpc) is 2.76. The quantitative estimate of drug-likeness (QED) is 0.289. The third kappa shape index (κ3) is 9.88. The lowest BCUT2D eigenvalue weighted by Gasteiger charge is -2.24. The van der Waals surface area contributed by atoms with Crippen LogP contribution in [0.3, 0.4) is 0 Å². The van der Waals surface area contributed by atoms with Crippen LogP contribution < -0.4 is 16.4 Å². The van der Waals surface area contributed by atoms with Gasteiger partial charge in [-0.05, 0) is 36.7 Å². The molecule has 0 aliphatic heterocycles. The van der Waals surface area contributed by atoms with Crippen molar-refractivity contribution < 1.29 is 24.2 Å². The average molecular weight is 481 g/mol. The van der Waals surface area contributed by atoms with Crippen molar-refractivity contribution in [1.29, 1.82) is 0 Å². The largest absolute Gasteiger partial charge is 0.347 e. The minimum absolute atomic E-state index is 0.221. The van der Waals surface area contributed by atoms with Crippen LogP contribution in [-0.2, 0) is 20.8 Å². The van der Waals surface area contributed by atoms with E-state index in [1.807, 2.05) is 30.3 Å². The van der Waals surface area contributed by atoms with Crippen LogP contribution in [0.2, 0.25) is 0 Å². The Labute approximate surface area is 197 Å². The molecule has 0 radical (unpaired) electrons. The monoisotopic (exact) mass is 480 g/mol. The highest BCUT2D eigenvalue weighted by molar-refractivity contribution is 7.65. The molecule has 9 heteroatoms. The zero-order valence-electron chi connectivity index (χ0n) is 19.7. The molecule has 1 aliphatic rings. The van der Waals surface area contributed by atoms with Crippen molar-refractivity contribution in [2.45, 2.75) is 64.5 Å². The fourth-order valence-corrected chi connectivity index (χ4v) is 6.24. The van der Waals surface area contributed by atoms with Gasteiger partial charge in [-0.15, -0.1) is 0 Å². The molecule has 1 aromatic rings. The number of rotatable bonds is 12. The summed E-state index contributed by atoms with van der Waals surface area (Å²) in [6.07, 6.45) is 5.58. The third-order valence-electron chi connectivity index (χ3n) is 6.05. The zero-order chi connectivity index (χ0) is 24.4. The Morgan fingerprint density at radius 1 is 1.06 bits per heavy atom. The van der Waals surface area contributed by atoms with Gasteiger partial charge in [0.1, 0.15) is 12.2 Å². The second kappa shape index (κ2) is 13.1. The van der Waals surface area contributed by atoms with Crippen molar-refractivity contribution in [3.05, 3.63) is 35.9 Å². The summed E-state index contributed by atoms with van der Waals surface area (Å²) in [6.45, 7) is 3.27. The molecule has 0 bridgehead atoms. The zero-order valence-corrected chi connectivity index (χ0v) is 20.6. The maximum absolute atomic E-state index is 12.7. The molecule has 33 heavy (non-hydrogen) atoms. The molecule has 6 N–H and O–H groups in total. The van der Waals surface area contributed by atoms with Crippen LogP contribution >= 0.6 is 7.72 Å². The summed E-state index contributed by atoms with van der Waals surface area (Å²) in [4.78, 5) is 58.2. The van der Waals surface area contributed by atoms with E-state index < -0.39 is 37.4 Å². The summed E-state index contributed by atoms with van der Waals surface area (Å²) in [7, 11) is -3.33. The number of hydrogen-bond donors (Lipinski definition) is 5. The second-order valence-corrected chi connectivity index (χ2v) is 11.9. The Balaban J connectivity index is 1.82. The summed E-state index contributed by atoms with van der Waals surface area (Å²) >= 11 is 0. The molecule has 0 unspecified atom stereocenters. The van der Waals surface area contributed by atoms with Gasteiger partial charge < -0.3 is 16.4 Å². The van der Waals surface area contributed by atoms with E-state index in [-0.39, 0.29) is 30.7 Å². The summed E-state index contributed by atoms with van der Waals surface area (Å²) in [6, 6.07) is 7.72. The van der Waals surface area contributed by atoms with Crippen LogP contribution in [0.25, 0.3) is 0 Å². The molecule has 2 rings (SSSR count). The van der Waals surface area contributed by atoms with Crippen molar-refractivity contribution in [1.82, 2.24) is 10.6 Å². The Morgan fingerprint density at radius 2 is 1.70 bits per heavy atom. The van der Waals surface area contributed by atoms with Crippen LogP contribution in [0.5, 0.6) is 0 Å². The topological polar surface area (TPSA) is 142 Å². The molecular formula is C24H39N3O5P+. The molecule has 184 valence electrons. The summed E-state index contributed by atoms with van der Waals surface area (Å²) in [5.74, 6) is -1.33. The lowest BCUT2D eigenvalue weighted by Crippen LogP contribution is -2.54.